The summed E-state index contributed by atoms with van der Waals surface area (Å²) in [4.78, 5) is 12.3. The molecule has 98 valence electrons. The SMILES string of the molecule is CS(=O)(=O)CCC(=O)C1(c2ccccc2)CCC1. The van der Waals surface area contributed by atoms with Crippen LogP contribution in [0, 0.1) is 0 Å². The Morgan fingerprint density at radius 1 is 1.22 bits per heavy atom. The van der Waals surface area contributed by atoms with Gasteiger partial charge in [-0.05, 0) is 18.4 Å². The van der Waals surface area contributed by atoms with E-state index in [9.17, 15) is 13.2 Å². The first kappa shape index (κ1) is 13.3. The molecule has 0 unspecified atom stereocenters. The predicted molar refractivity (Wildman–Crippen MR) is 71.3 cm³/mol. The standard InChI is InChI=1S/C14H18O3S/c1-18(16,17)11-8-13(15)14(9-5-10-14)12-6-3-2-4-7-12/h2-4,6-7H,5,8-11H2,1H3. The number of Topliss-reactive ketones (excluding diaryl/α,β-unsaturated/α-hetero) is 1. The average Bonchev–Trinajstić information content (AvgIpc) is 2.25. The van der Waals surface area contributed by atoms with E-state index in [0.717, 1.165) is 24.8 Å². The van der Waals surface area contributed by atoms with Gasteiger partial charge in [-0.1, -0.05) is 36.8 Å². The number of hydrogen-bond donors (Lipinski definition) is 0. The van der Waals surface area contributed by atoms with Crippen molar-refractivity contribution >= 4 is 15.6 Å². The van der Waals surface area contributed by atoms with E-state index >= 15 is 0 Å². The highest BCUT2D eigenvalue weighted by molar-refractivity contribution is 7.90. The zero-order valence-corrected chi connectivity index (χ0v) is 11.4. The molecule has 4 heteroatoms. The van der Waals surface area contributed by atoms with Crippen molar-refractivity contribution in [2.45, 2.75) is 31.1 Å². The summed E-state index contributed by atoms with van der Waals surface area (Å²) in [5.41, 5.74) is 0.626. The third kappa shape index (κ3) is 2.64. The molecule has 0 radical (unpaired) electrons. The van der Waals surface area contributed by atoms with Gasteiger partial charge in [0.25, 0.3) is 0 Å². The molecule has 18 heavy (non-hydrogen) atoms. The maximum Gasteiger partial charge on any atom is 0.147 e. The fraction of sp³-hybridized carbons (Fsp3) is 0.500. The molecule has 0 aromatic heterocycles. The van der Waals surface area contributed by atoms with Crippen LogP contribution >= 0.6 is 0 Å². The molecule has 0 aliphatic heterocycles. The minimum Gasteiger partial charge on any atom is -0.299 e. The van der Waals surface area contributed by atoms with Gasteiger partial charge >= 0.3 is 0 Å². The molecule has 1 saturated carbocycles. The number of sulfone groups is 1. The summed E-state index contributed by atoms with van der Waals surface area (Å²) in [7, 11) is -3.07. The summed E-state index contributed by atoms with van der Waals surface area (Å²) >= 11 is 0. The van der Waals surface area contributed by atoms with Gasteiger partial charge in [-0.3, -0.25) is 4.79 Å². The average molecular weight is 266 g/mol. The maximum absolute atomic E-state index is 12.3. The smallest absolute Gasteiger partial charge is 0.147 e. The van der Waals surface area contributed by atoms with Gasteiger partial charge < -0.3 is 0 Å². The van der Waals surface area contributed by atoms with E-state index in [-0.39, 0.29) is 18.0 Å². The lowest BCUT2D eigenvalue weighted by Crippen LogP contribution is -2.43. The van der Waals surface area contributed by atoms with Gasteiger partial charge in [0.1, 0.15) is 15.6 Å². The Balaban J connectivity index is 2.16. The quantitative estimate of drug-likeness (QED) is 0.820. The molecule has 0 amide bonds. The Hall–Kier alpha value is -1.16. The minimum absolute atomic E-state index is 0.0413. The fourth-order valence-electron chi connectivity index (χ4n) is 2.53. The Kier molecular flexibility index (Phi) is 3.57. The molecule has 0 atom stereocenters. The van der Waals surface area contributed by atoms with Crippen LogP contribution in [-0.2, 0) is 20.0 Å². The minimum atomic E-state index is -3.07. The van der Waals surface area contributed by atoms with Crippen molar-refractivity contribution in [1.29, 1.82) is 0 Å². The van der Waals surface area contributed by atoms with Crippen molar-refractivity contribution in [3.05, 3.63) is 35.9 Å². The van der Waals surface area contributed by atoms with E-state index in [0.29, 0.717) is 0 Å². The molecule has 1 aliphatic rings. The van der Waals surface area contributed by atoms with Crippen LogP contribution in [0.2, 0.25) is 0 Å². The monoisotopic (exact) mass is 266 g/mol. The second kappa shape index (κ2) is 4.84. The molecule has 0 N–H and O–H groups in total. The number of hydrogen-bond acceptors (Lipinski definition) is 3. The molecule has 0 saturated heterocycles. The molecule has 1 fully saturated rings. The molecular weight excluding hydrogens is 248 g/mol. The third-order valence-corrected chi connectivity index (χ3v) is 4.71. The van der Waals surface area contributed by atoms with Crippen molar-refractivity contribution in [2.75, 3.05) is 12.0 Å². The Morgan fingerprint density at radius 2 is 1.83 bits per heavy atom. The Bertz CT molecular complexity index is 527. The van der Waals surface area contributed by atoms with Gasteiger partial charge in [-0.25, -0.2) is 8.42 Å². The van der Waals surface area contributed by atoms with Crippen LogP contribution in [0.4, 0.5) is 0 Å². The lowest BCUT2D eigenvalue weighted by atomic mass is 9.61. The molecule has 0 bridgehead atoms. The highest BCUT2D eigenvalue weighted by Crippen LogP contribution is 2.45. The summed E-state index contributed by atoms with van der Waals surface area (Å²) in [6, 6.07) is 9.73. The third-order valence-electron chi connectivity index (χ3n) is 3.77. The molecule has 1 aromatic carbocycles. The fourth-order valence-corrected chi connectivity index (χ4v) is 3.09. The van der Waals surface area contributed by atoms with Crippen LogP contribution in [-0.4, -0.2) is 26.2 Å². The molecule has 1 aromatic rings. The number of benzene rings is 1. The first-order chi connectivity index (χ1) is 8.44. The van der Waals surface area contributed by atoms with Crippen molar-refractivity contribution < 1.29 is 13.2 Å². The molecule has 3 nitrogen and oxygen atoms in total. The van der Waals surface area contributed by atoms with Crippen LogP contribution in [0.5, 0.6) is 0 Å². The van der Waals surface area contributed by atoms with Crippen LogP contribution < -0.4 is 0 Å². The molecule has 2 rings (SSSR count). The van der Waals surface area contributed by atoms with E-state index in [1.54, 1.807) is 0 Å². The van der Waals surface area contributed by atoms with E-state index in [1.807, 2.05) is 30.3 Å². The van der Waals surface area contributed by atoms with Crippen LogP contribution in [0.1, 0.15) is 31.2 Å². The Morgan fingerprint density at radius 3 is 2.28 bits per heavy atom. The van der Waals surface area contributed by atoms with Crippen LogP contribution in [0.15, 0.2) is 30.3 Å². The van der Waals surface area contributed by atoms with Crippen molar-refractivity contribution in [1.82, 2.24) is 0 Å². The van der Waals surface area contributed by atoms with Gasteiger partial charge in [-0.15, -0.1) is 0 Å². The van der Waals surface area contributed by atoms with Gasteiger partial charge in [-0.2, -0.15) is 0 Å². The van der Waals surface area contributed by atoms with Gasteiger partial charge in [0.2, 0.25) is 0 Å². The van der Waals surface area contributed by atoms with Crippen LogP contribution in [0.25, 0.3) is 0 Å². The topological polar surface area (TPSA) is 51.2 Å². The maximum atomic E-state index is 12.3. The van der Waals surface area contributed by atoms with Crippen molar-refractivity contribution in [2.24, 2.45) is 0 Å². The van der Waals surface area contributed by atoms with Crippen molar-refractivity contribution in [3.63, 3.8) is 0 Å². The van der Waals surface area contributed by atoms with E-state index in [1.165, 1.54) is 6.26 Å². The second-order valence-electron chi connectivity index (χ2n) is 5.10. The molecule has 0 spiro atoms. The lowest BCUT2D eigenvalue weighted by Gasteiger charge is -2.41. The second-order valence-corrected chi connectivity index (χ2v) is 7.36. The summed E-state index contributed by atoms with van der Waals surface area (Å²) < 4.78 is 22.3. The highest BCUT2D eigenvalue weighted by Gasteiger charge is 2.44. The summed E-state index contributed by atoms with van der Waals surface area (Å²) in [6.45, 7) is 0. The Labute approximate surface area is 108 Å². The summed E-state index contributed by atoms with van der Waals surface area (Å²) in [5.74, 6) is 0.0332. The van der Waals surface area contributed by atoms with E-state index in [2.05, 4.69) is 0 Å². The van der Waals surface area contributed by atoms with E-state index in [4.69, 9.17) is 0 Å². The first-order valence-electron chi connectivity index (χ1n) is 6.21. The van der Waals surface area contributed by atoms with Gasteiger partial charge in [0.05, 0.1) is 11.2 Å². The number of carbonyl (C=O) groups excluding carboxylic acids is 1. The number of rotatable bonds is 5. The van der Waals surface area contributed by atoms with Gasteiger partial charge in [0.15, 0.2) is 0 Å². The number of carbonyl (C=O) groups is 1. The first-order valence-corrected chi connectivity index (χ1v) is 8.27. The normalized spacial score (nSPS) is 18.1. The zero-order chi connectivity index (χ0) is 13.2. The van der Waals surface area contributed by atoms with Crippen LogP contribution in [0.3, 0.4) is 0 Å². The summed E-state index contributed by atoms with van der Waals surface area (Å²) in [5, 5.41) is 0. The molecular formula is C14H18O3S. The lowest BCUT2D eigenvalue weighted by molar-refractivity contribution is -0.127. The largest absolute Gasteiger partial charge is 0.299 e. The number of ketones is 1. The van der Waals surface area contributed by atoms with Crippen molar-refractivity contribution in [3.8, 4) is 0 Å². The molecule has 0 heterocycles. The highest BCUT2D eigenvalue weighted by atomic mass is 32.2. The predicted octanol–water partition coefficient (Wildman–Crippen LogP) is 2.11. The summed E-state index contributed by atoms with van der Waals surface area (Å²) in [6.07, 6.45) is 4.04. The van der Waals surface area contributed by atoms with E-state index < -0.39 is 15.3 Å². The van der Waals surface area contributed by atoms with Gasteiger partial charge in [0, 0.05) is 12.7 Å². The zero-order valence-electron chi connectivity index (χ0n) is 10.6. The molecule has 1 aliphatic carbocycles.